The van der Waals surface area contributed by atoms with E-state index in [2.05, 4.69) is 16.0 Å². The van der Waals surface area contributed by atoms with Crippen molar-refractivity contribution >= 4 is 29.7 Å². The molecule has 172 valence electrons. The maximum atomic E-state index is 12.3. The third-order valence-electron chi connectivity index (χ3n) is 5.72. The second kappa shape index (κ2) is 10.7. The van der Waals surface area contributed by atoms with Crippen LogP contribution in [0.5, 0.6) is 0 Å². The average molecular weight is 444 g/mol. The van der Waals surface area contributed by atoms with E-state index in [1.807, 2.05) is 39.5 Å². The Bertz CT molecular complexity index is 626. The van der Waals surface area contributed by atoms with Crippen molar-refractivity contribution in [3.63, 3.8) is 0 Å². The molecule has 2 aliphatic heterocycles. The zero-order valence-corrected chi connectivity index (χ0v) is 19.4. The summed E-state index contributed by atoms with van der Waals surface area (Å²) < 4.78 is 5.84. The van der Waals surface area contributed by atoms with Crippen LogP contribution >= 0.6 is 11.8 Å². The van der Waals surface area contributed by atoms with E-state index in [0.717, 1.165) is 25.0 Å². The molecule has 3 amide bonds. The van der Waals surface area contributed by atoms with E-state index in [9.17, 15) is 14.4 Å². The van der Waals surface area contributed by atoms with Gasteiger partial charge in [-0.25, -0.2) is 4.79 Å². The summed E-state index contributed by atoms with van der Waals surface area (Å²) in [5.41, 5.74) is -0.877. The Kier molecular flexibility index (Phi) is 8.85. The molecule has 0 saturated carbocycles. The Balaban J connectivity index is 1.59. The number of rotatable bonds is 13. The van der Waals surface area contributed by atoms with Crippen LogP contribution in [-0.2, 0) is 14.3 Å². The third-order valence-corrected chi connectivity index (χ3v) is 7.23. The van der Waals surface area contributed by atoms with E-state index in [1.165, 1.54) is 0 Å². The van der Waals surface area contributed by atoms with Crippen LogP contribution in [0.4, 0.5) is 4.79 Å². The van der Waals surface area contributed by atoms with Gasteiger partial charge >= 0.3 is 12.0 Å². The highest BCUT2D eigenvalue weighted by molar-refractivity contribution is 8.00. The van der Waals surface area contributed by atoms with E-state index in [0.29, 0.717) is 31.1 Å². The average Bonchev–Trinajstić information content (AvgIpc) is 3.15. The van der Waals surface area contributed by atoms with E-state index in [4.69, 9.17) is 9.84 Å². The zero-order valence-electron chi connectivity index (χ0n) is 18.6. The van der Waals surface area contributed by atoms with Gasteiger partial charge in [-0.05, 0) is 53.4 Å². The lowest BCUT2D eigenvalue weighted by atomic mass is 9.99. The number of unbranched alkanes of at least 4 members (excludes halogenated alkanes) is 1. The Labute approximate surface area is 183 Å². The Hall–Kier alpha value is -1.48. The number of hydrogen-bond acceptors (Lipinski definition) is 5. The Morgan fingerprint density at radius 2 is 1.90 bits per heavy atom. The molecule has 0 aromatic heterocycles. The molecular weight excluding hydrogens is 406 g/mol. The first-order valence-corrected chi connectivity index (χ1v) is 11.9. The van der Waals surface area contributed by atoms with Crippen molar-refractivity contribution in [1.82, 2.24) is 16.0 Å². The van der Waals surface area contributed by atoms with E-state index in [-0.39, 0.29) is 36.0 Å². The minimum atomic E-state index is -0.824. The molecule has 8 nitrogen and oxygen atoms in total. The van der Waals surface area contributed by atoms with Crippen LogP contribution in [-0.4, -0.2) is 63.8 Å². The zero-order chi connectivity index (χ0) is 22.4. The van der Waals surface area contributed by atoms with Gasteiger partial charge in [-0.1, -0.05) is 6.42 Å². The van der Waals surface area contributed by atoms with Crippen LogP contribution in [0.3, 0.4) is 0 Å². The SMILES string of the molecule is CC(C)(CCOC(C)(C)CCC(=O)O)NC(=O)CCCCC1SCC2NC(=O)NC21. The molecule has 2 rings (SSSR count). The molecule has 0 radical (unpaired) electrons. The summed E-state index contributed by atoms with van der Waals surface area (Å²) in [4.78, 5) is 34.5. The van der Waals surface area contributed by atoms with Gasteiger partial charge in [-0.3, -0.25) is 9.59 Å². The minimum Gasteiger partial charge on any atom is -0.481 e. The smallest absolute Gasteiger partial charge is 0.315 e. The summed E-state index contributed by atoms with van der Waals surface area (Å²) in [7, 11) is 0. The third kappa shape index (κ3) is 8.34. The highest BCUT2D eigenvalue weighted by Crippen LogP contribution is 2.33. The predicted octanol–water partition coefficient (Wildman–Crippen LogP) is 2.66. The maximum Gasteiger partial charge on any atom is 0.315 e. The molecule has 2 aliphatic rings. The fourth-order valence-corrected chi connectivity index (χ4v) is 5.38. The molecular formula is C21H37N3O5S. The van der Waals surface area contributed by atoms with Crippen molar-refractivity contribution in [1.29, 1.82) is 0 Å². The number of aliphatic carboxylic acids is 1. The van der Waals surface area contributed by atoms with Gasteiger partial charge < -0.3 is 25.8 Å². The van der Waals surface area contributed by atoms with Crippen molar-refractivity contribution in [3.05, 3.63) is 0 Å². The predicted molar refractivity (Wildman–Crippen MR) is 118 cm³/mol. The van der Waals surface area contributed by atoms with Crippen LogP contribution in [0, 0.1) is 0 Å². The fraction of sp³-hybridized carbons (Fsp3) is 0.857. The number of carbonyl (C=O) groups is 3. The highest BCUT2D eigenvalue weighted by atomic mass is 32.2. The molecule has 4 N–H and O–H groups in total. The number of carboxylic acid groups (broad SMARTS) is 1. The van der Waals surface area contributed by atoms with Gasteiger partial charge in [0.15, 0.2) is 0 Å². The van der Waals surface area contributed by atoms with Gasteiger partial charge in [0.2, 0.25) is 5.91 Å². The van der Waals surface area contributed by atoms with Crippen LogP contribution < -0.4 is 16.0 Å². The van der Waals surface area contributed by atoms with Gasteiger partial charge in [0.1, 0.15) is 0 Å². The number of hydrogen-bond donors (Lipinski definition) is 4. The highest BCUT2D eigenvalue weighted by Gasteiger charge is 2.42. The number of amides is 3. The quantitative estimate of drug-likeness (QED) is 0.257. The fourth-order valence-electron chi connectivity index (χ4n) is 3.84. The first-order chi connectivity index (χ1) is 14.0. The summed E-state index contributed by atoms with van der Waals surface area (Å²) >= 11 is 1.90. The van der Waals surface area contributed by atoms with Gasteiger partial charge in [-0.15, -0.1) is 0 Å². The summed E-state index contributed by atoms with van der Waals surface area (Å²) in [6.07, 6.45) is 4.48. The number of thioether (sulfide) groups is 1. The number of nitrogens with one attached hydrogen (secondary N) is 3. The monoisotopic (exact) mass is 443 g/mol. The molecule has 2 fully saturated rings. The van der Waals surface area contributed by atoms with Crippen molar-refractivity contribution in [2.75, 3.05) is 12.4 Å². The van der Waals surface area contributed by atoms with Crippen LogP contribution in [0.2, 0.25) is 0 Å². The van der Waals surface area contributed by atoms with Crippen LogP contribution in [0.15, 0.2) is 0 Å². The van der Waals surface area contributed by atoms with Crippen LogP contribution in [0.1, 0.15) is 72.6 Å². The van der Waals surface area contributed by atoms with Crippen molar-refractivity contribution in [2.45, 2.75) is 101 Å². The lowest BCUT2D eigenvalue weighted by Gasteiger charge is -2.30. The molecule has 0 bridgehead atoms. The first kappa shape index (κ1) is 24.8. The summed E-state index contributed by atoms with van der Waals surface area (Å²) in [5.74, 6) is 0.172. The Morgan fingerprint density at radius 1 is 1.17 bits per heavy atom. The molecule has 0 aromatic carbocycles. The van der Waals surface area contributed by atoms with Gasteiger partial charge in [-0.2, -0.15) is 11.8 Å². The van der Waals surface area contributed by atoms with Crippen LogP contribution in [0.25, 0.3) is 0 Å². The second-order valence-corrected chi connectivity index (χ2v) is 10.8. The molecule has 3 unspecified atom stereocenters. The van der Waals surface area contributed by atoms with Gasteiger partial charge in [0.25, 0.3) is 0 Å². The van der Waals surface area contributed by atoms with Gasteiger partial charge in [0, 0.05) is 36.0 Å². The van der Waals surface area contributed by atoms with E-state index < -0.39 is 11.6 Å². The topological polar surface area (TPSA) is 117 Å². The molecule has 2 saturated heterocycles. The lowest BCUT2D eigenvalue weighted by Crippen LogP contribution is -2.44. The van der Waals surface area contributed by atoms with Crippen molar-refractivity contribution < 1.29 is 24.2 Å². The summed E-state index contributed by atoms with van der Waals surface area (Å²) in [6.45, 7) is 8.19. The number of carbonyl (C=O) groups excluding carboxylic acids is 2. The molecule has 30 heavy (non-hydrogen) atoms. The molecule has 0 aromatic rings. The second-order valence-electron chi connectivity index (χ2n) is 9.55. The van der Waals surface area contributed by atoms with Gasteiger partial charge in [0.05, 0.1) is 17.7 Å². The summed E-state index contributed by atoms with van der Waals surface area (Å²) in [5, 5.41) is 18.3. The molecule has 0 aliphatic carbocycles. The molecule has 3 atom stereocenters. The maximum absolute atomic E-state index is 12.3. The minimum absolute atomic E-state index is 0.0397. The normalized spacial score (nSPS) is 23.6. The molecule has 2 heterocycles. The number of urea groups is 1. The number of ether oxygens (including phenoxy) is 1. The number of carboxylic acids is 1. The Morgan fingerprint density at radius 3 is 2.60 bits per heavy atom. The molecule has 0 spiro atoms. The van der Waals surface area contributed by atoms with Crippen molar-refractivity contribution in [2.24, 2.45) is 0 Å². The van der Waals surface area contributed by atoms with Crippen molar-refractivity contribution in [3.8, 4) is 0 Å². The first-order valence-electron chi connectivity index (χ1n) is 10.8. The lowest BCUT2D eigenvalue weighted by molar-refractivity contribution is -0.139. The number of fused-ring (bicyclic) bond motifs is 1. The largest absolute Gasteiger partial charge is 0.481 e. The summed E-state index contributed by atoms with van der Waals surface area (Å²) in [6, 6.07) is 0.397. The molecule has 9 heteroatoms. The van der Waals surface area contributed by atoms with E-state index >= 15 is 0 Å². The standard InChI is InChI=1S/C21H37N3O5S/c1-20(2,11-12-29-21(3,4)10-9-17(26)27)24-16(25)8-6-5-7-15-18-14(13-30-15)22-19(28)23-18/h14-15,18H,5-13H2,1-4H3,(H,24,25)(H,26,27)(H2,22,23,28). The van der Waals surface area contributed by atoms with E-state index in [1.54, 1.807) is 0 Å².